The predicted octanol–water partition coefficient (Wildman–Crippen LogP) is 5.95. The summed E-state index contributed by atoms with van der Waals surface area (Å²) in [6.07, 6.45) is 1.83. The number of thioether (sulfide) groups is 1. The van der Waals surface area contributed by atoms with Crippen LogP contribution in [0.25, 0.3) is 11.8 Å². The van der Waals surface area contributed by atoms with Gasteiger partial charge in [-0.2, -0.15) is 0 Å². The Kier molecular flexibility index (Phi) is 4.92. The van der Waals surface area contributed by atoms with Gasteiger partial charge < -0.3 is 4.57 Å². The second kappa shape index (κ2) is 7.41. The molecule has 3 aromatic rings. The number of carbonyl (C=O) groups is 2. The Balaban J connectivity index is 1.69. The highest BCUT2D eigenvalue weighted by molar-refractivity contribution is 8.19. The average Bonchev–Trinajstić information content (AvgIpc) is 3.12. The highest BCUT2D eigenvalue weighted by Crippen LogP contribution is 2.36. The third-order valence-corrected chi connectivity index (χ3v) is 6.00. The fourth-order valence-corrected chi connectivity index (χ4v) is 4.38. The lowest BCUT2D eigenvalue weighted by atomic mass is 10.2. The summed E-state index contributed by atoms with van der Waals surface area (Å²) >= 11 is 0.987. The van der Waals surface area contributed by atoms with E-state index in [2.05, 4.69) is 41.8 Å². The number of hydrogen-bond acceptors (Lipinski definition) is 3. The quantitative estimate of drug-likeness (QED) is 0.508. The Bertz CT molecular complexity index is 1140. The fraction of sp³-hybridized carbons (Fsp3) is 0.167. The maximum atomic E-state index is 12.9. The van der Waals surface area contributed by atoms with E-state index in [0.29, 0.717) is 10.6 Å². The van der Waals surface area contributed by atoms with Gasteiger partial charge in [-0.25, -0.2) is 4.90 Å². The second-order valence-corrected chi connectivity index (χ2v) is 8.34. The molecule has 146 valence electrons. The molecule has 0 spiro atoms. The van der Waals surface area contributed by atoms with Gasteiger partial charge in [0.1, 0.15) is 0 Å². The molecule has 2 amide bonds. The lowest BCUT2D eigenvalue weighted by Gasteiger charge is -2.12. The highest BCUT2D eigenvalue weighted by Gasteiger charge is 2.36. The van der Waals surface area contributed by atoms with Crippen LogP contribution in [0, 0.1) is 27.7 Å². The van der Waals surface area contributed by atoms with Gasteiger partial charge in [0.15, 0.2) is 0 Å². The molecule has 1 fully saturated rings. The van der Waals surface area contributed by atoms with Crippen molar-refractivity contribution in [2.75, 3.05) is 4.90 Å². The number of amides is 2. The van der Waals surface area contributed by atoms with Crippen molar-refractivity contribution in [3.05, 3.63) is 87.6 Å². The van der Waals surface area contributed by atoms with E-state index in [0.717, 1.165) is 40.0 Å². The molecule has 0 aliphatic carbocycles. The maximum absolute atomic E-state index is 12.9. The van der Waals surface area contributed by atoms with Gasteiger partial charge in [0, 0.05) is 17.1 Å². The van der Waals surface area contributed by atoms with Crippen molar-refractivity contribution in [1.29, 1.82) is 0 Å². The Morgan fingerprint density at radius 3 is 1.93 bits per heavy atom. The summed E-state index contributed by atoms with van der Waals surface area (Å²) in [5, 5.41) is -0.266. The summed E-state index contributed by atoms with van der Waals surface area (Å²) in [7, 11) is 0. The van der Waals surface area contributed by atoms with Gasteiger partial charge in [-0.05, 0) is 81.4 Å². The lowest BCUT2D eigenvalue weighted by Crippen LogP contribution is -2.27. The van der Waals surface area contributed by atoms with Crippen LogP contribution < -0.4 is 4.90 Å². The van der Waals surface area contributed by atoms with Crippen LogP contribution in [0.3, 0.4) is 0 Å². The first-order valence-corrected chi connectivity index (χ1v) is 10.3. The molecule has 1 aliphatic heterocycles. The first kappa shape index (κ1) is 19.3. The van der Waals surface area contributed by atoms with E-state index >= 15 is 0 Å². The van der Waals surface area contributed by atoms with E-state index in [9.17, 15) is 9.59 Å². The molecule has 4 nitrogen and oxygen atoms in total. The number of rotatable bonds is 3. The smallest absolute Gasteiger partial charge is 0.298 e. The third-order valence-electron chi connectivity index (χ3n) is 5.13. The van der Waals surface area contributed by atoms with Crippen LogP contribution in [-0.4, -0.2) is 15.7 Å². The number of aromatic nitrogens is 1. The Morgan fingerprint density at radius 1 is 0.793 bits per heavy atom. The topological polar surface area (TPSA) is 42.3 Å². The van der Waals surface area contributed by atoms with Gasteiger partial charge in [0.05, 0.1) is 10.6 Å². The van der Waals surface area contributed by atoms with Gasteiger partial charge in [0.25, 0.3) is 11.1 Å². The average molecular weight is 403 g/mol. The number of nitrogens with zero attached hydrogens (tertiary/aromatic N) is 2. The Morgan fingerprint density at radius 2 is 1.34 bits per heavy atom. The van der Waals surface area contributed by atoms with Crippen molar-refractivity contribution in [3.63, 3.8) is 0 Å². The van der Waals surface area contributed by atoms with E-state index in [1.165, 1.54) is 10.5 Å². The van der Waals surface area contributed by atoms with Crippen molar-refractivity contribution in [1.82, 2.24) is 4.57 Å². The molecular formula is C24H22N2O2S. The zero-order valence-corrected chi connectivity index (χ0v) is 17.7. The van der Waals surface area contributed by atoms with Crippen LogP contribution in [0.4, 0.5) is 10.5 Å². The maximum Gasteiger partial charge on any atom is 0.298 e. The highest BCUT2D eigenvalue weighted by atomic mass is 32.2. The predicted molar refractivity (Wildman–Crippen MR) is 120 cm³/mol. The van der Waals surface area contributed by atoms with Crippen LogP contribution in [0.5, 0.6) is 0 Å². The monoisotopic (exact) mass is 402 g/mol. The molecule has 2 aromatic carbocycles. The Hall–Kier alpha value is -3.05. The van der Waals surface area contributed by atoms with Crippen LogP contribution in [0.1, 0.15) is 28.1 Å². The molecule has 1 aromatic heterocycles. The van der Waals surface area contributed by atoms with Crippen molar-refractivity contribution < 1.29 is 9.59 Å². The summed E-state index contributed by atoms with van der Waals surface area (Å²) in [5.41, 5.74) is 7.03. The summed E-state index contributed by atoms with van der Waals surface area (Å²) < 4.78 is 2.16. The molecule has 1 saturated heterocycles. The summed E-state index contributed by atoms with van der Waals surface area (Å²) in [5.74, 6) is -0.274. The third kappa shape index (κ3) is 3.54. The van der Waals surface area contributed by atoms with Gasteiger partial charge in [-0.3, -0.25) is 9.59 Å². The van der Waals surface area contributed by atoms with Crippen LogP contribution in [0.15, 0.2) is 59.5 Å². The molecule has 0 unspecified atom stereocenters. The molecule has 5 heteroatoms. The largest absolute Gasteiger partial charge is 0.318 e. The van der Waals surface area contributed by atoms with E-state index < -0.39 is 0 Å². The molecule has 2 heterocycles. The van der Waals surface area contributed by atoms with Crippen molar-refractivity contribution in [2.24, 2.45) is 0 Å². The van der Waals surface area contributed by atoms with E-state index in [1.807, 2.05) is 39.0 Å². The number of imide groups is 1. The zero-order chi connectivity index (χ0) is 20.7. The molecular weight excluding hydrogens is 380 g/mol. The van der Waals surface area contributed by atoms with E-state index in [1.54, 1.807) is 12.1 Å². The molecule has 4 rings (SSSR count). The van der Waals surface area contributed by atoms with Crippen molar-refractivity contribution >= 4 is 34.7 Å². The molecule has 0 saturated carbocycles. The van der Waals surface area contributed by atoms with Gasteiger partial charge >= 0.3 is 0 Å². The van der Waals surface area contributed by atoms with E-state index in [4.69, 9.17) is 0 Å². The SMILES string of the molecule is Cc1ccc(N2C(=O)SC(=Cc3cc(C)n(-c4ccc(C)cc4)c3C)C2=O)cc1. The van der Waals surface area contributed by atoms with Crippen molar-refractivity contribution in [3.8, 4) is 5.69 Å². The van der Waals surface area contributed by atoms with Gasteiger partial charge in [-0.1, -0.05) is 35.4 Å². The fourth-order valence-electron chi connectivity index (χ4n) is 3.55. The van der Waals surface area contributed by atoms with Crippen LogP contribution >= 0.6 is 11.8 Å². The number of benzene rings is 2. The normalized spacial score (nSPS) is 15.6. The minimum absolute atomic E-state index is 0.266. The minimum atomic E-state index is -0.274. The molecule has 0 bridgehead atoms. The van der Waals surface area contributed by atoms with Crippen molar-refractivity contribution in [2.45, 2.75) is 27.7 Å². The minimum Gasteiger partial charge on any atom is -0.318 e. The second-order valence-electron chi connectivity index (χ2n) is 7.35. The van der Waals surface area contributed by atoms with Crippen LogP contribution in [0.2, 0.25) is 0 Å². The van der Waals surface area contributed by atoms with Gasteiger partial charge in [-0.15, -0.1) is 0 Å². The first-order valence-electron chi connectivity index (χ1n) is 9.46. The standard InChI is InChI=1S/C24H22N2O2S/c1-15-5-9-20(10-6-15)25-17(3)13-19(18(25)4)14-22-23(27)26(24(28)29-22)21-11-7-16(2)8-12-21/h5-14H,1-4H3. The molecule has 0 radical (unpaired) electrons. The zero-order valence-electron chi connectivity index (χ0n) is 16.9. The number of hydrogen-bond donors (Lipinski definition) is 0. The summed E-state index contributed by atoms with van der Waals surface area (Å²) in [6.45, 7) is 8.11. The molecule has 1 aliphatic rings. The molecule has 0 atom stereocenters. The number of carbonyl (C=O) groups excluding carboxylic acids is 2. The molecule has 29 heavy (non-hydrogen) atoms. The molecule has 0 N–H and O–H groups in total. The van der Waals surface area contributed by atoms with E-state index in [-0.39, 0.29) is 11.1 Å². The van der Waals surface area contributed by atoms with Gasteiger partial charge in [0.2, 0.25) is 0 Å². The Labute approximate surface area is 174 Å². The van der Waals surface area contributed by atoms with Crippen LogP contribution in [-0.2, 0) is 4.79 Å². The summed E-state index contributed by atoms with van der Waals surface area (Å²) in [6, 6.07) is 17.8. The number of anilines is 1. The number of aryl methyl sites for hydroxylation is 3. The summed E-state index contributed by atoms with van der Waals surface area (Å²) in [4.78, 5) is 27.1. The lowest BCUT2D eigenvalue weighted by molar-refractivity contribution is -0.113. The first-order chi connectivity index (χ1) is 13.8.